The van der Waals surface area contributed by atoms with E-state index < -0.39 is 6.17 Å². The molecule has 0 nitrogen and oxygen atoms in total. The third kappa shape index (κ3) is 6.13. The first-order valence-electron chi connectivity index (χ1n) is 5.57. The highest BCUT2D eigenvalue weighted by atomic mass is 127. The molecule has 0 aliphatic heterocycles. The molecule has 1 aromatic rings. The van der Waals surface area contributed by atoms with Crippen LogP contribution in [0.2, 0.25) is 0 Å². The lowest BCUT2D eigenvalue weighted by Gasteiger charge is -2.04. The van der Waals surface area contributed by atoms with Crippen molar-refractivity contribution < 1.29 is 4.39 Å². The second-order valence-electron chi connectivity index (χ2n) is 3.84. The van der Waals surface area contributed by atoms with Crippen LogP contribution >= 0.6 is 22.6 Å². The molecule has 0 aliphatic rings. The lowest BCUT2D eigenvalue weighted by Crippen LogP contribution is -2.00. The van der Waals surface area contributed by atoms with E-state index in [1.807, 2.05) is 6.07 Å². The molecule has 84 valence electrons. The number of hydrogen-bond acceptors (Lipinski definition) is 0. The molecule has 0 aliphatic carbocycles. The van der Waals surface area contributed by atoms with Crippen molar-refractivity contribution in [1.82, 2.24) is 0 Å². The molecule has 0 spiro atoms. The standard InChI is InChI=1S/C13H18FI/c14-13(11-15)10-6-2-5-9-12-7-3-1-4-8-12/h1,3-4,7-8,13H,2,5-6,9-11H2. The fourth-order valence-corrected chi connectivity index (χ4v) is 2.03. The Labute approximate surface area is 105 Å². The molecule has 1 atom stereocenters. The minimum Gasteiger partial charge on any atom is -0.247 e. The van der Waals surface area contributed by atoms with Crippen LogP contribution in [0.5, 0.6) is 0 Å². The molecule has 0 fully saturated rings. The van der Waals surface area contributed by atoms with E-state index in [9.17, 15) is 4.39 Å². The number of rotatable bonds is 7. The van der Waals surface area contributed by atoms with Gasteiger partial charge in [0.25, 0.3) is 0 Å². The van der Waals surface area contributed by atoms with Gasteiger partial charge in [-0.05, 0) is 24.8 Å². The maximum Gasteiger partial charge on any atom is 0.109 e. The van der Waals surface area contributed by atoms with Crippen molar-refractivity contribution in [3.8, 4) is 0 Å². The van der Waals surface area contributed by atoms with Gasteiger partial charge in [0.2, 0.25) is 0 Å². The van der Waals surface area contributed by atoms with Gasteiger partial charge in [-0.3, -0.25) is 0 Å². The van der Waals surface area contributed by atoms with Gasteiger partial charge in [0.05, 0.1) is 0 Å². The Morgan fingerprint density at radius 3 is 2.47 bits per heavy atom. The number of unbranched alkanes of at least 4 members (excludes halogenated alkanes) is 2. The number of hydrogen-bond donors (Lipinski definition) is 0. The smallest absolute Gasteiger partial charge is 0.109 e. The Kier molecular flexibility index (Phi) is 6.98. The van der Waals surface area contributed by atoms with E-state index in [1.165, 1.54) is 12.0 Å². The summed E-state index contributed by atoms with van der Waals surface area (Å²) in [6.45, 7) is 0. The highest BCUT2D eigenvalue weighted by molar-refractivity contribution is 14.1. The summed E-state index contributed by atoms with van der Waals surface area (Å²) in [4.78, 5) is 0. The van der Waals surface area contributed by atoms with Gasteiger partial charge < -0.3 is 0 Å². The average Bonchev–Trinajstić information content (AvgIpc) is 2.29. The highest BCUT2D eigenvalue weighted by Crippen LogP contribution is 2.11. The molecule has 0 amide bonds. The highest BCUT2D eigenvalue weighted by Gasteiger charge is 2.02. The van der Waals surface area contributed by atoms with Crippen molar-refractivity contribution >= 4 is 22.6 Å². The molecule has 0 aromatic heterocycles. The molecule has 1 unspecified atom stereocenters. The zero-order valence-corrected chi connectivity index (χ0v) is 11.1. The molecule has 0 saturated carbocycles. The first kappa shape index (κ1) is 12.9. The van der Waals surface area contributed by atoms with Gasteiger partial charge in [-0.15, -0.1) is 0 Å². The average molecular weight is 320 g/mol. The topological polar surface area (TPSA) is 0 Å². The number of alkyl halides is 2. The zero-order valence-electron chi connectivity index (χ0n) is 8.96. The van der Waals surface area contributed by atoms with Crippen LogP contribution in [0.25, 0.3) is 0 Å². The van der Waals surface area contributed by atoms with Crippen molar-refractivity contribution in [2.75, 3.05) is 4.43 Å². The summed E-state index contributed by atoms with van der Waals surface area (Å²) < 4.78 is 13.5. The Balaban J connectivity index is 2.03. The molecule has 0 N–H and O–H groups in total. The Morgan fingerprint density at radius 1 is 1.07 bits per heavy atom. The lowest BCUT2D eigenvalue weighted by atomic mass is 10.1. The summed E-state index contributed by atoms with van der Waals surface area (Å²) in [5.41, 5.74) is 1.39. The molecule has 1 rings (SSSR count). The maximum absolute atomic E-state index is 12.9. The monoisotopic (exact) mass is 320 g/mol. The van der Waals surface area contributed by atoms with Crippen LogP contribution < -0.4 is 0 Å². The van der Waals surface area contributed by atoms with Crippen molar-refractivity contribution in [1.29, 1.82) is 0 Å². The van der Waals surface area contributed by atoms with Crippen molar-refractivity contribution in [3.05, 3.63) is 35.9 Å². The molecule has 0 heterocycles. The molecular formula is C13H18FI. The van der Waals surface area contributed by atoms with Gasteiger partial charge >= 0.3 is 0 Å². The molecule has 1 aromatic carbocycles. The van der Waals surface area contributed by atoms with E-state index in [0.29, 0.717) is 4.43 Å². The summed E-state index contributed by atoms with van der Waals surface area (Å²) in [5, 5.41) is 0. The Morgan fingerprint density at radius 2 is 1.80 bits per heavy atom. The van der Waals surface area contributed by atoms with Crippen LogP contribution in [0.3, 0.4) is 0 Å². The van der Waals surface area contributed by atoms with Crippen molar-refractivity contribution in [2.45, 2.75) is 38.3 Å². The van der Waals surface area contributed by atoms with Crippen LogP contribution in [0.1, 0.15) is 31.2 Å². The van der Waals surface area contributed by atoms with Gasteiger partial charge in [0.1, 0.15) is 6.17 Å². The van der Waals surface area contributed by atoms with Gasteiger partial charge in [-0.1, -0.05) is 65.8 Å². The summed E-state index contributed by atoms with van der Waals surface area (Å²) in [7, 11) is 0. The number of aryl methyl sites for hydroxylation is 1. The van der Waals surface area contributed by atoms with Gasteiger partial charge in [0, 0.05) is 4.43 Å². The minimum atomic E-state index is -0.595. The zero-order chi connectivity index (χ0) is 10.9. The minimum absolute atomic E-state index is 0.595. The predicted octanol–water partition coefficient (Wildman–Crippen LogP) is 4.56. The van der Waals surface area contributed by atoms with Crippen LogP contribution in [0.15, 0.2) is 30.3 Å². The molecule has 15 heavy (non-hydrogen) atoms. The van der Waals surface area contributed by atoms with Crippen LogP contribution in [-0.4, -0.2) is 10.6 Å². The Hall–Kier alpha value is -0.120. The van der Waals surface area contributed by atoms with E-state index in [4.69, 9.17) is 0 Å². The summed E-state index contributed by atoms with van der Waals surface area (Å²) in [5.74, 6) is 0. The largest absolute Gasteiger partial charge is 0.247 e. The predicted molar refractivity (Wildman–Crippen MR) is 72.4 cm³/mol. The van der Waals surface area contributed by atoms with Gasteiger partial charge in [-0.2, -0.15) is 0 Å². The molecule has 0 saturated heterocycles. The summed E-state index contributed by atoms with van der Waals surface area (Å²) in [6.07, 6.45) is 4.61. The third-order valence-electron chi connectivity index (χ3n) is 2.49. The van der Waals surface area contributed by atoms with E-state index in [-0.39, 0.29) is 0 Å². The fourth-order valence-electron chi connectivity index (χ4n) is 1.59. The fraction of sp³-hybridized carbons (Fsp3) is 0.538. The normalized spacial score (nSPS) is 12.7. The molecule has 0 bridgehead atoms. The number of halogens is 2. The first-order valence-corrected chi connectivity index (χ1v) is 7.09. The lowest BCUT2D eigenvalue weighted by molar-refractivity contribution is 0.340. The summed E-state index contributed by atoms with van der Waals surface area (Å²) >= 11 is 2.11. The second-order valence-corrected chi connectivity index (χ2v) is 4.72. The van der Waals surface area contributed by atoms with Crippen LogP contribution in [-0.2, 0) is 6.42 Å². The Bertz CT molecular complexity index is 248. The van der Waals surface area contributed by atoms with Gasteiger partial charge in [-0.25, -0.2) is 4.39 Å². The molecule has 0 radical (unpaired) electrons. The van der Waals surface area contributed by atoms with E-state index >= 15 is 0 Å². The van der Waals surface area contributed by atoms with E-state index in [1.54, 1.807) is 0 Å². The summed E-state index contributed by atoms with van der Waals surface area (Å²) in [6, 6.07) is 10.5. The van der Waals surface area contributed by atoms with Crippen molar-refractivity contribution in [3.63, 3.8) is 0 Å². The maximum atomic E-state index is 12.9. The second kappa shape index (κ2) is 8.08. The van der Waals surface area contributed by atoms with Gasteiger partial charge in [0.15, 0.2) is 0 Å². The quantitative estimate of drug-likeness (QED) is 0.392. The van der Waals surface area contributed by atoms with Crippen molar-refractivity contribution in [2.24, 2.45) is 0 Å². The SMILES string of the molecule is FC(CI)CCCCCc1ccccc1. The molecular weight excluding hydrogens is 302 g/mol. The third-order valence-corrected chi connectivity index (χ3v) is 3.45. The first-order chi connectivity index (χ1) is 7.33. The van der Waals surface area contributed by atoms with Crippen LogP contribution in [0.4, 0.5) is 4.39 Å². The van der Waals surface area contributed by atoms with E-state index in [2.05, 4.69) is 46.9 Å². The number of benzene rings is 1. The van der Waals surface area contributed by atoms with E-state index in [0.717, 1.165) is 25.7 Å². The van der Waals surface area contributed by atoms with Crippen LogP contribution in [0, 0.1) is 0 Å². The molecule has 2 heteroatoms.